The zero-order valence-corrected chi connectivity index (χ0v) is 19.6. The quantitative estimate of drug-likeness (QED) is 0.386. The molecular weight excluding hydrogens is 448 g/mol. The van der Waals surface area contributed by atoms with Gasteiger partial charge in [0.25, 0.3) is 5.56 Å². The van der Waals surface area contributed by atoms with Crippen LogP contribution in [0.4, 0.5) is 5.69 Å². The maximum Gasteiger partial charge on any atom is 0.278 e. The van der Waals surface area contributed by atoms with Gasteiger partial charge in [-0.05, 0) is 43.3 Å². The van der Waals surface area contributed by atoms with Crippen LogP contribution >= 0.6 is 0 Å². The van der Waals surface area contributed by atoms with Gasteiger partial charge in [0.1, 0.15) is 29.9 Å². The molecule has 0 atom stereocenters. The van der Waals surface area contributed by atoms with Gasteiger partial charge in [0, 0.05) is 17.5 Å². The van der Waals surface area contributed by atoms with Crippen molar-refractivity contribution in [3.05, 3.63) is 76.4 Å². The summed E-state index contributed by atoms with van der Waals surface area (Å²) in [6.45, 7) is 3.93. The number of rotatable bonds is 7. The number of nitrogens with one attached hydrogen (secondary N) is 1. The van der Waals surface area contributed by atoms with Crippen molar-refractivity contribution in [1.29, 1.82) is 0 Å². The summed E-state index contributed by atoms with van der Waals surface area (Å²) in [6.07, 6.45) is 2.11. The van der Waals surface area contributed by atoms with Crippen molar-refractivity contribution in [2.24, 2.45) is 0 Å². The Kier molecular flexibility index (Phi) is 5.77. The average Bonchev–Trinajstić information content (AvgIpc) is 3.44. The van der Waals surface area contributed by atoms with Crippen LogP contribution in [-0.4, -0.2) is 37.3 Å². The molecule has 2 aromatic carbocycles. The topological polar surface area (TPSA) is 117 Å². The second-order valence-electron chi connectivity index (χ2n) is 8.22. The maximum absolute atomic E-state index is 13.6. The molecule has 3 heterocycles. The maximum atomic E-state index is 13.6. The Morgan fingerprint density at radius 1 is 1.17 bits per heavy atom. The molecule has 0 radical (unpaired) electrons. The number of carbonyl (C=O) groups is 1. The largest absolute Gasteiger partial charge is 0.497 e. The lowest BCUT2D eigenvalue weighted by atomic mass is 10.1. The second-order valence-corrected chi connectivity index (χ2v) is 8.22. The Hall–Kier alpha value is -4.47. The fourth-order valence-corrected chi connectivity index (χ4v) is 4.05. The molecule has 10 heteroatoms. The van der Waals surface area contributed by atoms with Gasteiger partial charge in [0.15, 0.2) is 5.82 Å². The van der Waals surface area contributed by atoms with Gasteiger partial charge < -0.3 is 19.1 Å². The highest BCUT2D eigenvalue weighted by Gasteiger charge is 2.19. The molecule has 10 nitrogen and oxygen atoms in total. The number of nitrogens with zero attached hydrogens (tertiary/aromatic N) is 5. The van der Waals surface area contributed by atoms with Crippen LogP contribution in [0.1, 0.15) is 24.2 Å². The van der Waals surface area contributed by atoms with Gasteiger partial charge in [-0.1, -0.05) is 23.7 Å². The van der Waals surface area contributed by atoms with Crippen molar-refractivity contribution >= 4 is 33.5 Å². The van der Waals surface area contributed by atoms with E-state index in [0.29, 0.717) is 40.6 Å². The first kappa shape index (κ1) is 22.3. The van der Waals surface area contributed by atoms with Crippen molar-refractivity contribution in [1.82, 2.24) is 24.3 Å². The number of aryl methyl sites for hydroxylation is 2. The van der Waals surface area contributed by atoms with Crippen LogP contribution < -0.4 is 15.6 Å². The molecule has 0 fully saturated rings. The third-order valence-electron chi connectivity index (χ3n) is 5.79. The van der Waals surface area contributed by atoms with E-state index in [-0.39, 0.29) is 24.6 Å². The zero-order chi connectivity index (χ0) is 24.5. The smallest absolute Gasteiger partial charge is 0.278 e. The number of hydrogen-bond acceptors (Lipinski definition) is 7. The predicted molar refractivity (Wildman–Crippen MR) is 131 cm³/mol. The number of aromatic nitrogens is 5. The Balaban J connectivity index is 1.55. The molecule has 5 aromatic rings. The fourth-order valence-electron chi connectivity index (χ4n) is 4.05. The lowest BCUT2D eigenvalue weighted by Gasteiger charge is -2.10. The number of hydrogen-bond donors (Lipinski definition) is 1. The number of benzene rings is 2. The molecule has 35 heavy (non-hydrogen) atoms. The minimum atomic E-state index is -0.294. The predicted octanol–water partition coefficient (Wildman–Crippen LogP) is 3.30. The third-order valence-corrected chi connectivity index (χ3v) is 5.79. The molecule has 0 aliphatic rings. The Morgan fingerprint density at radius 2 is 1.97 bits per heavy atom. The Labute approximate surface area is 200 Å². The summed E-state index contributed by atoms with van der Waals surface area (Å²) in [6, 6.07) is 12.9. The number of amides is 1. The summed E-state index contributed by atoms with van der Waals surface area (Å²) in [4.78, 5) is 35.4. The van der Waals surface area contributed by atoms with Gasteiger partial charge in [0.2, 0.25) is 11.8 Å². The van der Waals surface area contributed by atoms with E-state index in [1.54, 1.807) is 35.9 Å². The lowest BCUT2D eigenvalue weighted by molar-refractivity contribution is -0.116. The minimum Gasteiger partial charge on any atom is -0.497 e. The molecule has 5 rings (SSSR count). The van der Waals surface area contributed by atoms with E-state index < -0.39 is 0 Å². The molecule has 0 aliphatic carbocycles. The van der Waals surface area contributed by atoms with Crippen LogP contribution in [0.25, 0.3) is 21.9 Å². The molecule has 1 N–H and O–H groups in total. The molecule has 0 saturated heterocycles. The molecular formula is C25H24N6O4. The third kappa shape index (κ3) is 4.25. The first-order valence-electron chi connectivity index (χ1n) is 11.2. The number of fused-ring (bicyclic) bond motifs is 3. The van der Waals surface area contributed by atoms with Crippen molar-refractivity contribution in [3.63, 3.8) is 0 Å². The van der Waals surface area contributed by atoms with Gasteiger partial charge in [-0.3, -0.25) is 14.2 Å². The summed E-state index contributed by atoms with van der Waals surface area (Å²) < 4.78 is 13.5. The van der Waals surface area contributed by atoms with E-state index in [9.17, 15) is 9.59 Å². The van der Waals surface area contributed by atoms with Crippen molar-refractivity contribution in [2.75, 3.05) is 12.4 Å². The summed E-state index contributed by atoms with van der Waals surface area (Å²) in [7, 11) is 1.58. The van der Waals surface area contributed by atoms with Crippen LogP contribution in [0.3, 0.4) is 0 Å². The second kappa shape index (κ2) is 9.05. The number of methoxy groups -OCH3 is 1. The molecule has 0 bridgehead atoms. The van der Waals surface area contributed by atoms with Crippen LogP contribution in [0, 0.1) is 6.92 Å². The van der Waals surface area contributed by atoms with Crippen LogP contribution in [0.5, 0.6) is 5.75 Å². The monoisotopic (exact) mass is 472 g/mol. The van der Waals surface area contributed by atoms with Gasteiger partial charge in [-0.25, -0.2) is 4.98 Å². The van der Waals surface area contributed by atoms with Crippen LogP contribution in [0.15, 0.2) is 58.1 Å². The Bertz CT molecular complexity index is 1600. The summed E-state index contributed by atoms with van der Waals surface area (Å²) in [5.74, 6) is 1.32. The van der Waals surface area contributed by atoms with Gasteiger partial charge in [0.05, 0.1) is 19.0 Å². The van der Waals surface area contributed by atoms with E-state index >= 15 is 0 Å². The first-order valence-corrected chi connectivity index (χ1v) is 11.2. The minimum absolute atomic E-state index is 0.0590. The van der Waals surface area contributed by atoms with Crippen LogP contribution in [-0.2, 0) is 24.3 Å². The van der Waals surface area contributed by atoms with E-state index in [1.807, 2.05) is 32.0 Å². The van der Waals surface area contributed by atoms with E-state index in [4.69, 9.17) is 9.26 Å². The highest BCUT2D eigenvalue weighted by molar-refractivity contribution is 6.06. The highest BCUT2D eigenvalue weighted by Crippen LogP contribution is 2.27. The zero-order valence-electron chi connectivity index (χ0n) is 19.6. The molecule has 3 aromatic heterocycles. The molecule has 1 amide bonds. The van der Waals surface area contributed by atoms with Gasteiger partial charge >= 0.3 is 0 Å². The van der Waals surface area contributed by atoms with Crippen LogP contribution in [0.2, 0.25) is 0 Å². The number of anilines is 1. The summed E-state index contributed by atoms with van der Waals surface area (Å²) >= 11 is 0. The number of carbonyl (C=O) groups excluding carboxylic acids is 1. The average molecular weight is 473 g/mol. The van der Waals surface area contributed by atoms with Crippen molar-refractivity contribution in [2.45, 2.75) is 33.4 Å². The van der Waals surface area contributed by atoms with E-state index in [2.05, 4.69) is 20.4 Å². The summed E-state index contributed by atoms with van der Waals surface area (Å²) in [5.41, 5.74) is 3.01. The molecule has 0 unspecified atom stereocenters. The fraction of sp³-hybridized carbons (Fsp3) is 0.240. The van der Waals surface area contributed by atoms with Gasteiger partial charge in [-0.15, -0.1) is 0 Å². The number of ether oxygens (including phenoxy) is 1. The Morgan fingerprint density at radius 3 is 2.69 bits per heavy atom. The van der Waals surface area contributed by atoms with Crippen molar-refractivity contribution in [3.8, 4) is 5.75 Å². The standard InChI is InChI=1S/C25H24N6O4/c1-4-20-28-22(35-29-20)13-30-14-26-23-18-11-15(2)5-10-19(18)31(24(23)25(30)33)12-21(32)27-16-6-8-17(34-3)9-7-16/h5-11,14H,4,12-13H2,1-3H3,(H,27,32). The molecule has 178 valence electrons. The van der Waals surface area contributed by atoms with E-state index in [0.717, 1.165) is 16.5 Å². The molecule has 0 aliphatic heterocycles. The molecule has 0 spiro atoms. The van der Waals surface area contributed by atoms with Gasteiger partial charge in [-0.2, -0.15) is 4.98 Å². The molecule has 0 saturated carbocycles. The lowest BCUT2D eigenvalue weighted by Crippen LogP contribution is -2.25. The normalized spacial score (nSPS) is 11.3. The SMILES string of the molecule is CCc1noc(Cn2cnc3c4cc(C)ccc4n(CC(=O)Nc4ccc(OC)cc4)c3c2=O)n1. The first-order chi connectivity index (χ1) is 17.0. The summed E-state index contributed by atoms with van der Waals surface area (Å²) in [5, 5.41) is 7.58. The van der Waals surface area contributed by atoms with E-state index in [1.165, 1.54) is 10.9 Å². The van der Waals surface area contributed by atoms with Crippen molar-refractivity contribution < 1.29 is 14.1 Å². The highest BCUT2D eigenvalue weighted by atomic mass is 16.5.